The molecular formula is C13H12N2O2. The summed E-state index contributed by atoms with van der Waals surface area (Å²) in [5, 5.41) is 12.1. The lowest BCUT2D eigenvalue weighted by molar-refractivity contribution is 0.102. The number of anilines is 1. The van der Waals surface area contributed by atoms with Crippen LogP contribution < -0.4 is 5.32 Å². The van der Waals surface area contributed by atoms with Crippen LogP contribution in [0.3, 0.4) is 0 Å². The van der Waals surface area contributed by atoms with Crippen molar-refractivity contribution in [2.75, 3.05) is 5.32 Å². The third-order valence-corrected chi connectivity index (χ3v) is 2.23. The summed E-state index contributed by atoms with van der Waals surface area (Å²) in [5.74, 6) is 0.275. The van der Waals surface area contributed by atoms with Crippen LogP contribution in [0.2, 0.25) is 0 Å². The first-order chi connectivity index (χ1) is 8.15. The second-order valence-corrected chi connectivity index (χ2v) is 3.73. The number of hydrogen-bond donors (Lipinski definition) is 2. The standard InChI is InChI=1S/C13H12N2O2/c1-9-6-10(8-11(16)7-9)13(17)15-12-4-2-3-5-14-12/h2-8,16H,1H3,(H,14,15,17). The highest BCUT2D eigenvalue weighted by atomic mass is 16.3. The van der Waals surface area contributed by atoms with Gasteiger partial charge >= 0.3 is 0 Å². The van der Waals surface area contributed by atoms with E-state index >= 15 is 0 Å². The number of aryl methyl sites for hydroxylation is 1. The highest BCUT2D eigenvalue weighted by Crippen LogP contribution is 2.16. The third kappa shape index (κ3) is 2.81. The Balaban J connectivity index is 2.20. The maximum Gasteiger partial charge on any atom is 0.256 e. The number of rotatable bonds is 2. The molecule has 4 heteroatoms. The Bertz CT molecular complexity index is 518. The van der Waals surface area contributed by atoms with E-state index in [2.05, 4.69) is 10.3 Å². The molecule has 2 aromatic rings. The number of aromatic hydroxyl groups is 1. The fraction of sp³-hybridized carbons (Fsp3) is 0.0769. The quantitative estimate of drug-likeness (QED) is 0.829. The molecule has 0 aliphatic heterocycles. The van der Waals surface area contributed by atoms with Gasteiger partial charge in [-0.3, -0.25) is 4.79 Å². The lowest BCUT2D eigenvalue weighted by Crippen LogP contribution is -2.12. The van der Waals surface area contributed by atoms with E-state index in [0.717, 1.165) is 5.56 Å². The van der Waals surface area contributed by atoms with Crippen molar-refractivity contribution in [2.24, 2.45) is 0 Å². The normalized spacial score (nSPS) is 9.94. The van der Waals surface area contributed by atoms with Gasteiger partial charge in [0.25, 0.3) is 5.91 Å². The van der Waals surface area contributed by atoms with Crippen molar-refractivity contribution in [3.8, 4) is 5.75 Å². The van der Waals surface area contributed by atoms with E-state index in [1.807, 2.05) is 6.92 Å². The predicted molar refractivity (Wildman–Crippen MR) is 65.0 cm³/mol. The van der Waals surface area contributed by atoms with Crippen LogP contribution in [0.4, 0.5) is 5.82 Å². The Hall–Kier alpha value is -2.36. The molecule has 0 saturated heterocycles. The minimum absolute atomic E-state index is 0.0798. The molecule has 0 unspecified atom stereocenters. The Morgan fingerprint density at radius 2 is 2.12 bits per heavy atom. The molecule has 0 fully saturated rings. The van der Waals surface area contributed by atoms with Crippen molar-refractivity contribution in [1.82, 2.24) is 4.98 Å². The van der Waals surface area contributed by atoms with Crippen LogP contribution in [0.1, 0.15) is 15.9 Å². The Morgan fingerprint density at radius 3 is 2.76 bits per heavy atom. The predicted octanol–water partition coefficient (Wildman–Crippen LogP) is 2.35. The van der Waals surface area contributed by atoms with Gasteiger partial charge in [0.05, 0.1) is 0 Å². The molecule has 1 amide bonds. The first kappa shape index (κ1) is 11.1. The van der Waals surface area contributed by atoms with Gasteiger partial charge in [0, 0.05) is 11.8 Å². The molecule has 0 radical (unpaired) electrons. The summed E-state index contributed by atoms with van der Waals surface area (Å²) in [6.45, 7) is 1.82. The maximum absolute atomic E-state index is 11.9. The van der Waals surface area contributed by atoms with Gasteiger partial charge in [0.1, 0.15) is 11.6 Å². The minimum atomic E-state index is -0.289. The number of pyridine rings is 1. The molecule has 1 aromatic heterocycles. The number of aromatic nitrogens is 1. The van der Waals surface area contributed by atoms with Crippen LogP contribution in [0, 0.1) is 6.92 Å². The Kier molecular flexibility index (Phi) is 3.05. The highest BCUT2D eigenvalue weighted by molar-refractivity contribution is 6.04. The number of benzene rings is 1. The molecule has 0 bridgehead atoms. The molecule has 2 rings (SSSR count). The summed E-state index contributed by atoms with van der Waals surface area (Å²) in [6, 6.07) is 9.98. The molecule has 0 aliphatic rings. The Labute approximate surface area is 98.9 Å². The smallest absolute Gasteiger partial charge is 0.256 e. The summed E-state index contributed by atoms with van der Waals surface area (Å²) >= 11 is 0. The van der Waals surface area contributed by atoms with Crippen LogP contribution >= 0.6 is 0 Å². The lowest BCUT2D eigenvalue weighted by atomic mass is 10.1. The summed E-state index contributed by atoms with van der Waals surface area (Å²) < 4.78 is 0. The van der Waals surface area contributed by atoms with E-state index in [1.165, 1.54) is 6.07 Å². The lowest BCUT2D eigenvalue weighted by Gasteiger charge is -2.05. The summed E-state index contributed by atoms with van der Waals surface area (Å²) in [6.07, 6.45) is 1.60. The van der Waals surface area contributed by atoms with Gasteiger partial charge in [0.2, 0.25) is 0 Å². The molecule has 1 aromatic carbocycles. The average Bonchev–Trinajstić information content (AvgIpc) is 2.29. The number of nitrogens with one attached hydrogen (secondary N) is 1. The fourth-order valence-electron chi connectivity index (χ4n) is 1.52. The SMILES string of the molecule is Cc1cc(O)cc(C(=O)Nc2ccccn2)c1. The van der Waals surface area contributed by atoms with Gasteiger partial charge in [-0.1, -0.05) is 6.07 Å². The molecular weight excluding hydrogens is 216 g/mol. The largest absolute Gasteiger partial charge is 0.508 e. The van der Waals surface area contributed by atoms with E-state index in [1.54, 1.807) is 36.5 Å². The van der Waals surface area contributed by atoms with Gasteiger partial charge < -0.3 is 10.4 Å². The number of phenols is 1. The van der Waals surface area contributed by atoms with Crippen LogP contribution in [0.5, 0.6) is 5.75 Å². The molecule has 0 aliphatic carbocycles. The second-order valence-electron chi connectivity index (χ2n) is 3.73. The van der Waals surface area contributed by atoms with E-state index in [-0.39, 0.29) is 11.7 Å². The van der Waals surface area contributed by atoms with Gasteiger partial charge in [-0.25, -0.2) is 4.98 Å². The number of hydrogen-bond acceptors (Lipinski definition) is 3. The fourth-order valence-corrected chi connectivity index (χ4v) is 1.52. The van der Waals surface area contributed by atoms with Gasteiger partial charge in [-0.05, 0) is 42.8 Å². The van der Waals surface area contributed by atoms with Crippen molar-refractivity contribution < 1.29 is 9.90 Å². The summed E-state index contributed by atoms with van der Waals surface area (Å²) in [7, 11) is 0. The van der Waals surface area contributed by atoms with Crippen molar-refractivity contribution in [3.63, 3.8) is 0 Å². The van der Waals surface area contributed by atoms with Crippen molar-refractivity contribution >= 4 is 11.7 Å². The molecule has 0 saturated carbocycles. The van der Waals surface area contributed by atoms with Crippen LogP contribution in [0.15, 0.2) is 42.6 Å². The molecule has 86 valence electrons. The zero-order valence-corrected chi connectivity index (χ0v) is 9.34. The molecule has 4 nitrogen and oxygen atoms in total. The van der Waals surface area contributed by atoms with E-state index < -0.39 is 0 Å². The third-order valence-electron chi connectivity index (χ3n) is 2.23. The summed E-state index contributed by atoms with van der Waals surface area (Å²) in [5.41, 5.74) is 1.24. The molecule has 0 atom stereocenters. The number of nitrogens with zero attached hydrogens (tertiary/aromatic N) is 1. The van der Waals surface area contributed by atoms with Crippen molar-refractivity contribution in [1.29, 1.82) is 0 Å². The molecule has 1 heterocycles. The van der Waals surface area contributed by atoms with Crippen molar-refractivity contribution in [2.45, 2.75) is 6.92 Å². The first-order valence-electron chi connectivity index (χ1n) is 5.18. The minimum Gasteiger partial charge on any atom is -0.508 e. The zero-order chi connectivity index (χ0) is 12.3. The van der Waals surface area contributed by atoms with E-state index in [9.17, 15) is 9.90 Å². The monoisotopic (exact) mass is 228 g/mol. The number of carbonyl (C=O) groups excluding carboxylic acids is 1. The van der Waals surface area contributed by atoms with E-state index in [4.69, 9.17) is 0 Å². The maximum atomic E-state index is 11.9. The number of carbonyl (C=O) groups is 1. The highest BCUT2D eigenvalue weighted by Gasteiger charge is 2.08. The zero-order valence-electron chi connectivity index (χ0n) is 9.34. The van der Waals surface area contributed by atoms with Crippen LogP contribution in [0.25, 0.3) is 0 Å². The average molecular weight is 228 g/mol. The Morgan fingerprint density at radius 1 is 1.29 bits per heavy atom. The van der Waals surface area contributed by atoms with Crippen LogP contribution in [-0.2, 0) is 0 Å². The van der Waals surface area contributed by atoms with Gasteiger partial charge in [-0.2, -0.15) is 0 Å². The van der Waals surface area contributed by atoms with Crippen molar-refractivity contribution in [3.05, 3.63) is 53.7 Å². The molecule has 17 heavy (non-hydrogen) atoms. The van der Waals surface area contributed by atoms with Crippen LogP contribution in [-0.4, -0.2) is 16.0 Å². The number of amides is 1. The number of phenolic OH excluding ortho intramolecular Hbond substituents is 1. The molecule has 2 N–H and O–H groups in total. The molecule has 0 spiro atoms. The second kappa shape index (κ2) is 4.65. The van der Waals surface area contributed by atoms with Gasteiger partial charge in [0.15, 0.2) is 0 Å². The topological polar surface area (TPSA) is 62.2 Å². The first-order valence-corrected chi connectivity index (χ1v) is 5.18. The van der Waals surface area contributed by atoms with Gasteiger partial charge in [-0.15, -0.1) is 0 Å². The van der Waals surface area contributed by atoms with E-state index in [0.29, 0.717) is 11.4 Å². The summed E-state index contributed by atoms with van der Waals surface area (Å²) in [4.78, 5) is 15.9.